The van der Waals surface area contributed by atoms with Crippen LogP contribution in [-0.2, 0) is 6.18 Å². The van der Waals surface area contributed by atoms with Gasteiger partial charge in [0.2, 0.25) is 0 Å². The van der Waals surface area contributed by atoms with Crippen molar-refractivity contribution in [1.29, 1.82) is 0 Å². The molecule has 1 fully saturated rings. The summed E-state index contributed by atoms with van der Waals surface area (Å²) in [5.41, 5.74) is -0.720. The fourth-order valence-electron chi connectivity index (χ4n) is 3.00. The lowest BCUT2D eigenvalue weighted by atomic mass is 10.0. The maximum atomic E-state index is 12.6. The largest absolute Gasteiger partial charge is 0.417 e. The quantitative estimate of drug-likeness (QED) is 0.567. The molecule has 1 aliphatic heterocycles. The summed E-state index contributed by atoms with van der Waals surface area (Å²) in [6.45, 7) is 0.990. The van der Waals surface area contributed by atoms with Gasteiger partial charge in [-0.3, -0.25) is 4.79 Å². The fourth-order valence-corrected chi connectivity index (χ4v) is 3.58. The minimum atomic E-state index is -4.43. The van der Waals surface area contributed by atoms with E-state index in [1.807, 2.05) is 4.90 Å². The molecule has 0 aromatic carbocycles. The number of halogens is 5. The number of alkyl halides is 5. The number of hydrogen-bond acceptors (Lipinski definition) is 5. The molecular weight excluding hydrogens is 415 g/mol. The molecule has 1 amide bonds. The Kier molecular flexibility index (Phi) is 6.56. The summed E-state index contributed by atoms with van der Waals surface area (Å²) in [4.78, 5) is 22.0. The van der Waals surface area contributed by atoms with Crippen LogP contribution in [0.3, 0.4) is 0 Å². The lowest BCUT2D eigenvalue weighted by Gasteiger charge is -2.33. The predicted molar refractivity (Wildman–Crippen MR) is 98.0 cm³/mol. The maximum absolute atomic E-state index is 12.6. The van der Waals surface area contributed by atoms with Crippen molar-refractivity contribution in [2.45, 2.75) is 35.8 Å². The van der Waals surface area contributed by atoms with Gasteiger partial charge in [0.25, 0.3) is 11.7 Å². The summed E-state index contributed by atoms with van der Waals surface area (Å²) in [7, 11) is 0. The van der Waals surface area contributed by atoms with E-state index in [2.05, 4.69) is 15.3 Å². The van der Waals surface area contributed by atoms with Gasteiger partial charge in [0.05, 0.1) is 11.1 Å². The SMILES string of the molecule is O=C(NC1CCN(c2ccc(C(F)(F)F)cn2)CC1)c1cccnc1SC(F)F. The van der Waals surface area contributed by atoms with Crippen molar-refractivity contribution in [3.05, 3.63) is 47.8 Å². The van der Waals surface area contributed by atoms with Gasteiger partial charge in [0, 0.05) is 31.5 Å². The van der Waals surface area contributed by atoms with Crippen molar-refractivity contribution >= 4 is 23.5 Å². The summed E-state index contributed by atoms with van der Waals surface area (Å²) < 4.78 is 63.2. The summed E-state index contributed by atoms with van der Waals surface area (Å²) in [6.07, 6.45) is -1.19. The van der Waals surface area contributed by atoms with Crippen molar-refractivity contribution in [2.24, 2.45) is 0 Å². The molecule has 0 spiro atoms. The van der Waals surface area contributed by atoms with Crippen molar-refractivity contribution in [2.75, 3.05) is 18.0 Å². The highest BCUT2D eigenvalue weighted by molar-refractivity contribution is 7.99. The zero-order chi connectivity index (χ0) is 21.0. The second-order valence-corrected chi connectivity index (χ2v) is 7.35. The van der Waals surface area contributed by atoms with Gasteiger partial charge in [0.1, 0.15) is 10.8 Å². The van der Waals surface area contributed by atoms with Crippen LogP contribution in [0.5, 0.6) is 0 Å². The van der Waals surface area contributed by atoms with Crippen molar-refractivity contribution in [1.82, 2.24) is 15.3 Å². The van der Waals surface area contributed by atoms with Crippen LogP contribution < -0.4 is 10.2 Å². The Balaban J connectivity index is 1.57. The molecule has 0 atom stereocenters. The fraction of sp³-hybridized carbons (Fsp3) is 0.389. The van der Waals surface area contributed by atoms with E-state index in [1.165, 1.54) is 24.4 Å². The van der Waals surface area contributed by atoms with E-state index in [-0.39, 0.29) is 28.4 Å². The number of nitrogens with one attached hydrogen (secondary N) is 1. The highest BCUT2D eigenvalue weighted by Crippen LogP contribution is 2.30. The average Bonchev–Trinajstić information content (AvgIpc) is 2.68. The molecular formula is C18H17F5N4OS. The van der Waals surface area contributed by atoms with Gasteiger partial charge in [-0.25, -0.2) is 9.97 Å². The molecule has 5 nitrogen and oxygen atoms in total. The van der Waals surface area contributed by atoms with E-state index in [0.29, 0.717) is 31.7 Å². The van der Waals surface area contributed by atoms with Crippen LogP contribution >= 0.6 is 11.8 Å². The highest BCUT2D eigenvalue weighted by Gasteiger charge is 2.31. The number of aromatic nitrogens is 2. The summed E-state index contributed by atoms with van der Waals surface area (Å²) in [5.74, 6) is -2.73. The molecule has 2 aromatic rings. The molecule has 0 radical (unpaired) electrons. The third-order valence-corrected chi connectivity index (χ3v) is 5.17. The first kappa shape index (κ1) is 21.3. The van der Waals surface area contributed by atoms with Gasteiger partial charge in [-0.05, 0) is 48.9 Å². The molecule has 0 unspecified atom stereocenters. The van der Waals surface area contributed by atoms with Crippen molar-refractivity contribution in [3.63, 3.8) is 0 Å². The molecule has 2 aromatic heterocycles. The molecule has 0 aliphatic carbocycles. The number of pyridine rings is 2. The number of piperidine rings is 1. The van der Waals surface area contributed by atoms with Crippen LogP contribution in [0.2, 0.25) is 0 Å². The topological polar surface area (TPSA) is 58.1 Å². The van der Waals surface area contributed by atoms with Gasteiger partial charge < -0.3 is 10.2 Å². The third kappa shape index (κ3) is 5.55. The maximum Gasteiger partial charge on any atom is 0.417 e. The third-order valence-electron chi connectivity index (χ3n) is 4.45. The number of hydrogen-bond donors (Lipinski definition) is 1. The number of carbonyl (C=O) groups excluding carboxylic acids is 1. The molecule has 3 rings (SSSR count). The Morgan fingerprint density at radius 1 is 1.17 bits per heavy atom. The van der Waals surface area contributed by atoms with Crippen LogP contribution in [0.25, 0.3) is 0 Å². The van der Waals surface area contributed by atoms with Gasteiger partial charge in [0.15, 0.2) is 0 Å². The van der Waals surface area contributed by atoms with Crippen molar-refractivity contribution < 1.29 is 26.7 Å². The standard InChI is InChI=1S/C18H17F5N4OS/c19-17(20)29-16-13(2-1-7-24-16)15(28)26-12-5-8-27(9-6-12)14-4-3-11(10-25-14)18(21,22)23/h1-4,7,10,12,17H,5-6,8-9H2,(H,26,28). The zero-order valence-electron chi connectivity index (χ0n) is 15.0. The van der Waals surface area contributed by atoms with Crippen LogP contribution in [0.15, 0.2) is 41.7 Å². The molecule has 1 aliphatic rings. The summed E-state index contributed by atoms with van der Waals surface area (Å²) >= 11 is 0.214. The normalized spacial score (nSPS) is 15.6. The Labute approximate surface area is 167 Å². The van der Waals surface area contributed by atoms with Crippen LogP contribution in [0.4, 0.5) is 27.8 Å². The van der Waals surface area contributed by atoms with Gasteiger partial charge in [-0.2, -0.15) is 22.0 Å². The van der Waals surface area contributed by atoms with Crippen LogP contribution in [-0.4, -0.2) is 40.8 Å². The number of thioether (sulfide) groups is 1. The number of anilines is 1. The van der Waals surface area contributed by atoms with Crippen LogP contribution in [0.1, 0.15) is 28.8 Å². The van der Waals surface area contributed by atoms with E-state index in [0.717, 1.165) is 12.3 Å². The van der Waals surface area contributed by atoms with E-state index in [4.69, 9.17) is 0 Å². The lowest BCUT2D eigenvalue weighted by molar-refractivity contribution is -0.137. The van der Waals surface area contributed by atoms with E-state index in [1.54, 1.807) is 0 Å². The number of amides is 1. The molecule has 0 bridgehead atoms. The van der Waals surface area contributed by atoms with E-state index < -0.39 is 23.4 Å². The Morgan fingerprint density at radius 2 is 1.90 bits per heavy atom. The van der Waals surface area contributed by atoms with Gasteiger partial charge in [-0.15, -0.1) is 0 Å². The number of rotatable bonds is 5. The number of nitrogens with zero attached hydrogens (tertiary/aromatic N) is 3. The second-order valence-electron chi connectivity index (χ2n) is 6.37. The zero-order valence-corrected chi connectivity index (χ0v) is 15.8. The monoisotopic (exact) mass is 432 g/mol. The van der Waals surface area contributed by atoms with Crippen molar-refractivity contribution in [3.8, 4) is 0 Å². The smallest absolute Gasteiger partial charge is 0.356 e. The Bertz CT molecular complexity index is 839. The molecule has 0 saturated carbocycles. The number of carbonyl (C=O) groups is 1. The summed E-state index contributed by atoms with van der Waals surface area (Å²) in [6, 6.07) is 5.07. The summed E-state index contributed by atoms with van der Waals surface area (Å²) in [5, 5.41) is 2.78. The molecule has 11 heteroatoms. The lowest BCUT2D eigenvalue weighted by Crippen LogP contribution is -2.45. The first-order chi connectivity index (χ1) is 13.7. The van der Waals surface area contributed by atoms with E-state index >= 15 is 0 Å². The minimum absolute atomic E-state index is 0.0357. The van der Waals surface area contributed by atoms with Crippen LogP contribution in [0, 0.1) is 0 Å². The predicted octanol–water partition coefficient (Wildman–Crippen LogP) is 4.21. The molecule has 1 N–H and O–H groups in total. The Morgan fingerprint density at radius 3 is 2.48 bits per heavy atom. The molecule has 156 valence electrons. The molecule has 3 heterocycles. The molecule has 1 saturated heterocycles. The minimum Gasteiger partial charge on any atom is -0.356 e. The van der Waals surface area contributed by atoms with E-state index in [9.17, 15) is 26.7 Å². The van der Waals surface area contributed by atoms with Gasteiger partial charge in [-0.1, -0.05) is 0 Å². The van der Waals surface area contributed by atoms with Gasteiger partial charge >= 0.3 is 6.18 Å². The average molecular weight is 432 g/mol. The molecule has 29 heavy (non-hydrogen) atoms. The second kappa shape index (κ2) is 8.93. The first-order valence-electron chi connectivity index (χ1n) is 8.73. The Hall–Kier alpha value is -2.43. The first-order valence-corrected chi connectivity index (χ1v) is 9.61. The highest BCUT2D eigenvalue weighted by atomic mass is 32.2.